The van der Waals surface area contributed by atoms with Crippen LogP contribution in [0.15, 0.2) is 41.3 Å². The topological polar surface area (TPSA) is 103 Å². The highest BCUT2D eigenvalue weighted by molar-refractivity contribution is 5.92. The number of aromatic nitrogens is 3. The van der Waals surface area contributed by atoms with Crippen LogP contribution in [0.1, 0.15) is 55.3 Å². The van der Waals surface area contributed by atoms with Gasteiger partial charge in [-0.2, -0.15) is 0 Å². The van der Waals surface area contributed by atoms with E-state index in [4.69, 9.17) is 0 Å². The second-order valence-corrected chi connectivity index (χ2v) is 10.3. The van der Waals surface area contributed by atoms with Crippen LogP contribution in [0.2, 0.25) is 0 Å². The van der Waals surface area contributed by atoms with Gasteiger partial charge in [0.15, 0.2) is 0 Å². The second kappa shape index (κ2) is 10.6. The molecule has 3 heterocycles. The fourth-order valence-electron chi connectivity index (χ4n) is 6.10. The number of pyridine rings is 1. The third-order valence-corrected chi connectivity index (χ3v) is 8.15. The summed E-state index contributed by atoms with van der Waals surface area (Å²) in [6, 6.07) is 7.95. The van der Waals surface area contributed by atoms with E-state index in [-0.39, 0.29) is 16.9 Å². The molecule has 3 aliphatic rings. The van der Waals surface area contributed by atoms with Gasteiger partial charge in [0.25, 0.3) is 11.5 Å². The fourth-order valence-corrected chi connectivity index (χ4v) is 6.10. The molecule has 1 aliphatic heterocycles. The Morgan fingerprint density at radius 2 is 2.05 bits per heavy atom. The molecule has 8 nitrogen and oxygen atoms in total. The van der Waals surface area contributed by atoms with Gasteiger partial charge in [0.05, 0.1) is 22.8 Å². The zero-order valence-electron chi connectivity index (χ0n) is 21.5. The fraction of sp³-hybridized carbons (Fsp3) is 0.500. The van der Waals surface area contributed by atoms with Crippen molar-refractivity contribution in [3.05, 3.63) is 64.2 Å². The van der Waals surface area contributed by atoms with Gasteiger partial charge in [-0.1, -0.05) is 19.8 Å². The van der Waals surface area contributed by atoms with E-state index in [0.717, 1.165) is 56.5 Å². The first-order valence-electron chi connectivity index (χ1n) is 13.3. The van der Waals surface area contributed by atoms with Crippen molar-refractivity contribution >= 4 is 22.5 Å². The first-order chi connectivity index (χ1) is 17.9. The standard InChI is InChI=1S/C17H19FN2O.C11H16N4O/c1-2-3-10-6-7-17(9-13(10)17)16-19-14-5-4-11(18)8-12(14)15(21)20-16;1-12-11(16)10-3-2-9(8-14-10)15-6-4-13-5-7-15/h4-5,8,10,13H,2-3,6-7,9H2,1H3,(H,19,20,21);2-3,8,13H,4-7H2,1H3,(H,12,16)/t10-,13-,17+;/m1./s1. The number of carbonyl (C=O) groups excluding carboxylic acids is 1. The van der Waals surface area contributed by atoms with Gasteiger partial charge in [-0.3, -0.25) is 9.59 Å². The number of nitrogens with one attached hydrogen (secondary N) is 3. The summed E-state index contributed by atoms with van der Waals surface area (Å²) >= 11 is 0. The van der Waals surface area contributed by atoms with Gasteiger partial charge in [-0.25, -0.2) is 14.4 Å². The number of aromatic amines is 1. The minimum atomic E-state index is -0.395. The molecule has 37 heavy (non-hydrogen) atoms. The number of benzene rings is 1. The van der Waals surface area contributed by atoms with Crippen LogP contribution in [0.4, 0.5) is 10.1 Å². The van der Waals surface area contributed by atoms with Crippen molar-refractivity contribution in [3.8, 4) is 0 Å². The summed E-state index contributed by atoms with van der Waals surface area (Å²) in [7, 11) is 1.61. The van der Waals surface area contributed by atoms with Crippen molar-refractivity contribution in [1.29, 1.82) is 0 Å². The van der Waals surface area contributed by atoms with E-state index in [9.17, 15) is 14.0 Å². The molecule has 6 rings (SSSR count). The molecule has 2 saturated carbocycles. The van der Waals surface area contributed by atoms with E-state index >= 15 is 0 Å². The lowest BCUT2D eigenvalue weighted by Crippen LogP contribution is -2.43. The van der Waals surface area contributed by atoms with Crippen LogP contribution < -0.4 is 21.1 Å². The first-order valence-corrected chi connectivity index (χ1v) is 13.3. The molecule has 3 atom stereocenters. The molecule has 0 radical (unpaired) electrons. The molecule has 2 aliphatic carbocycles. The lowest BCUT2D eigenvalue weighted by atomic mass is 9.98. The molecule has 1 saturated heterocycles. The van der Waals surface area contributed by atoms with Crippen LogP contribution in [-0.2, 0) is 5.41 Å². The summed E-state index contributed by atoms with van der Waals surface area (Å²) in [5, 5.41) is 6.20. The van der Waals surface area contributed by atoms with Crippen LogP contribution in [0.3, 0.4) is 0 Å². The highest BCUT2D eigenvalue weighted by Crippen LogP contribution is 2.66. The Balaban J connectivity index is 0.000000158. The van der Waals surface area contributed by atoms with Crippen LogP contribution in [0, 0.1) is 17.7 Å². The number of fused-ring (bicyclic) bond motifs is 2. The monoisotopic (exact) mass is 506 g/mol. The first kappa shape index (κ1) is 25.3. The predicted octanol–water partition coefficient (Wildman–Crippen LogP) is 3.38. The van der Waals surface area contributed by atoms with Crippen LogP contribution >= 0.6 is 0 Å². The van der Waals surface area contributed by atoms with E-state index in [1.807, 2.05) is 6.07 Å². The van der Waals surface area contributed by atoms with Gasteiger partial charge in [0, 0.05) is 38.6 Å². The number of amides is 1. The van der Waals surface area contributed by atoms with Gasteiger partial charge >= 0.3 is 0 Å². The SMILES string of the molecule is CCC[C@@H]1CC[C@]2(c3nc4ccc(F)cc4c(=O)[nH]3)C[C@H]12.CNC(=O)c1ccc(N2CCNCC2)cn1. The van der Waals surface area contributed by atoms with E-state index in [0.29, 0.717) is 22.5 Å². The Kier molecular flexibility index (Phi) is 7.24. The zero-order valence-corrected chi connectivity index (χ0v) is 21.5. The minimum absolute atomic E-state index is 0.0988. The number of hydrogen-bond acceptors (Lipinski definition) is 6. The number of piperazine rings is 1. The summed E-state index contributed by atoms with van der Waals surface area (Å²) in [4.78, 5) is 37.5. The van der Waals surface area contributed by atoms with Crippen molar-refractivity contribution < 1.29 is 9.18 Å². The van der Waals surface area contributed by atoms with Crippen molar-refractivity contribution in [2.45, 2.75) is 44.4 Å². The Bertz CT molecular complexity index is 1320. The van der Waals surface area contributed by atoms with Crippen molar-refractivity contribution in [2.24, 2.45) is 11.8 Å². The van der Waals surface area contributed by atoms with E-state index in [1.54, 1.807) is 25.4 Å². The van der Waals surface area contributed by atoms with Gasteiger partial charge in [0.2, 0.25) is 0 Å². The van der Waals surface area contributed by atoms with Crippen LogP contribution in [-0.4, -0.2) is 54.1 Å². The molecule has 2 aromatic heterocycles. The number of H-pyrrole nitrogens is 1. The van der Waals surface area contributed by atoms with E-state index in [1.165, 1.54) is 31.4 Å². The third kappa shape index (κ3) is 5.09. The Hall–Kier alpha value is -3.33. The van der Waals surface area contributed by atoms with E-state index < -0.39 is 5.82 Å². The lowest BCUT2D eigenvalue weighted by Gasteiger charge is -2.29. The predicted molar refractivity (Wildman–Crippen MR) is 142 cm³/mol. The normalized spacial score (nSPS) is 24.2. The number of nitrogens with zero attached hydrogens (tertiary/aromatic N) is 3. The average molecular weight is 507 g/mol. The van der Waals surface area contributed by atoms with E-state index in [2.05, 4.69) is 37.4 Å². The molecule has 3 N–H and O–H groups in total. The highest BCUT2D eigenvalue weighted by atomic mass is 19.1. The maximum Gasteiger partial charge on any atom is 0.269 e. The van der Waals surface area contributed by atoms with Crippen molar-refractivity contribution in [3.63, 3.8) is 0 Å². The lowest BCUT2D eigenvalue weighted by molar-refractivity contribution is 0.0958. The average Bonchev–Trinajstić information content (AvgIpc) is 3.58. The summed E-state index contributed by atoms with van der Waals surface area (Å²) in [5.74, 6) is 1.75. The molecule has 1 amide bonds. The Morgan fingerprint density at radius 1 is 1.24 bits per heavy atom. The van der Waals surface area contributed by atoms with Gasteiger partial charge in [0.1, 0.15) is 17.3 Å². The molecular formula is C28H35FN6O2. The molecule has 0 bridgehead atoms. The number of carbonyl (C=O) groups is 1. The Labute approximate surface area is 216 Å². The number of hydrogen-bond donors (Lipinski definition) is 3. The van der Waals surface area contributed by atoms with Crippen LogP contribution in [0.5, 0.6) is 0 Å². The summed E-state index contributed by atoms with van der Waals surface area (Å²) in [5.41, 5.74) is 2.03. The molecule has 3 aromatic rings. The molecule has 0 spiro atoms. The number of rotatable bonds is 5. The summed E-state index contributed by atoms with van der Waals surface area (Å²) in [6.07, 6.45) is 7.76. The minimum Gasteiger partial charge on any atom is -0.368 e. The van der Waals surface area contributed by atoms with Crippen molar-refractivity contribution in [1.82, 2.24) is 25.6 Å². The van der Waals surface area contributed by atoms with Crippen LogP contribution in [0.25, 0.3) is 10.9 Å². The largest absolute Gasteiger partial charge is 0.368 e. The third-order valence-electron chi connectivity index (χ3n) is 8.15. The van der Waals surface area contributed by atoms with Crippen molar-refractivity contribution in [2.75, 3.05) is 38.1 Å². The van der Waals surface area contributed by atoms with Gasteiger partial charge < -0.3 is 20.5 Å². The molecule has 1 aromatic carbocycles. The highest BCUT2D eigenvalue weighted by Gasteiger charge is 2.63. The zero-order chi connectivity index (χ0) is 26.0. The van der Waals surface area contributed by atoms with Gasteiger partial charge in [-0.05, 0) is 61.4 Å². The summed E-state index contributed by atoms with van der Waals surface area (Å²) < 4.78 is 13.3. The molecule has 3 fully saturated rings. The second-order valence-electron chi connectivity index (χ2n) is 10.3. The molecule has 0 unspecified atom stereocenters. The molecular weight excluding hydrogens is 471 g/mol. The molecule has 9 heteroatoms. The number of halogens is 1. The quantitative estimate of drug-likeness (QED) is 0.490. The number of anilines is 1. The Morgan fingerprint density at radius 3 is 2.73 bits per heavy atom. The maximum absolute atomic E-state index is 13.3. The maximum atomic E-state index is 13.3. The smallest absolute Gasteiger partial charge is 0.269 e. The van der Waals surface area contributed by atoms with Gasteiger partial charge in [-0.15, -0.1) is 0 Å². The molecule has 196 valence electrons. The summed E-state index contributed by atoms with van der Waals surface area (Å²) in [6.45, 7) is 6.20.